The molecule has 0 saturated carbocycles. The SMILES string of the molecule is CCCNC(=O)[C@@H](C)N(Cc1ccccc1Cl)C(=O)CCCN(c1ccccc1OCC)S(C)(=O)=O. The number of nitrogens with one attached hydrogen (secondary N) is 1. The molecule has 2 rings (SSSR count). The van der Waals surface area contributed by atoms with Gasteiger partial charge in [-0.25, -0.2) is 8.42 Å². The molecule has 0 unspecified atom stereocenters. The van der Waals surface area contributed by atoms with E-state index < -0.39 is 16.1 Å². The van der Waals surface area contributed by atoms with Gasteiger partial charge in [0, 0.05) is 31.1 Å². The Bertz CT molecular complexity index is 1130. The first-order valence-electron chi connectivity index (χ1n) is 12.1. The summed E-state index contributed by atoms with van der Waals surface area (Å²) < 4.78 is 32.0. The molecule has 2 amide bonds. The lowest BCUT2D eigenvalue weighted by Gasteiger charge is -2.30. The highest BCUT2D eigenvalue weighted by Gasteiger charge is 2.27. The molecule has 0 heterocycles. The van der Waals surface area contributed by atoms with Gasteiger partial charge < -0.3 is 15.0 Å². The van der Waals surface area contributed by atoms with Crippen molar-refractivity contribution >= 4 is 39.1 Å². The first-order valence-corrected chi connectivity index (χ1v) is 14.3. The summed E-state index contributed by atoms with van der Waals surface area (Å²) in [7, 11) is -3.62. The van der Waals surface area contributed by atoms with E-state index in [1.54, 1.807) is 43.3 Å². The molecule has 0 spiro atoms. The first-order chi connectivity index (χ1) is 17.1. The third-order valence-electron chi connectivity index (χ3n) is 5.60. The number of hydrogen-bond acceptors (Lipinski definition) is 5. The number of carbonyl (C=O) groups is 2. The lowest BCUT2D eigenvalue weighted by Crippen LogP contribution is -2.48. The van der Waals surface area contributed by atoms with Gasteiger partial charge in [-0.3, -0.25) is 13.9 Å². The fraction of sp³-hybridized carbons (Fsp3) is 0.462. The monoisotopic (exact) mass is 537 g/mol. The maximum Gasteiger partial charge on any atom is 0.242 e. The number of para-hydroxylation sites is 2. The van der Waals surface area contributed by atoms with Gasteiger partial charge in [0.1, 0.15) is 11.8 Å². The quantitative estimate of drug-likeness (QED) is 0.389. The van der Waals surface area contributed by atoms with Crippen LogP contribution in [0.4, 0.5) is 5.69 Å². The van der Waals surface area contributed by atoms with Crippen molar-refractivity contribution in [3.05, 3.63) is 59.1 Å². The Morgan fingerprint density at radius 3 is 2.39 bits per heavy atom. The third kappa shape index (κ3) is 8.41. The Hall–Kier alpha value is -2.78. The Labute approximate surface area is 219 Å². The number of ether oxygens (including phenoxy) is 1. The summed E-state index contributed by atoms with van der Waals surface area (Å²) in [6.07, 6.45) is 2.22. The van der Waals surface area contributed by atoms with Gasteiger partial charge >= 0.3 is 0 Å². The fourth-order valence-electron chi connectivity index (χ4n) is 3.71. The molecule has 0 aromatic heterocycles. The molecule has 0 radical (unpaired) electrons. The molecule has 198 valence electrons. The highest BCUT2D eigenvalue weighted by molar-refractivity contribution is 7.92. The van der Waals surface area contributed by atoms with E-state index in [0.717, 1.165) is 18.2 Å². The second-order valence-corrected chi connectivity index (χ2v) is 10.7. The molecule has 0 aliphatic rings. The molecule has 0 fully saturated rings. The van der Waals surface area contributed by atoms with Crippen molar-refractivity contribution in [2.24, 2.45) is 0 Å². The zero-order valence-electron chi connectivity index (χ0n) is 21.4. The van der Waals surface area contributed by atoms with Gasteiger partial charge in [0.05, 0.1) is 18.6 Å². The number of amides is 2. The number of rotatable bonds is 14. The van der Waals surface area contributed by atoms with E-state index in [4.69, 9.17) is 16.3 Å². The van der Waals surface area contributed by atoms with Crippen molar-refractivity contribution < 1.29 is 22.7 Å². The Balaban J connectivity index is 2.20. The van der Waals surface area contributed by atoms with E-state index in [1.807, 2.05) is 26.0 Å². The standard InChI is InChI=1S/C26H36ClN3O5S/c1-5-17-28-26(32)20(3)29(19-21-12-7-8-13-22(21)27)25(31)16-11-18-30(36(4,33)34)23-14-9-10-15-24(23)35-6-2/h7-10,12-15,20H,5-6,11,16-19H2,1-4H3,(H,28,32)/t20-/m1/s1. The highest BCUT2D eigenvalue weighted by atomic mass is 35.5. The smallest absolute Gasteiger partial charge is 0.242 e. The van der Waals surface area contributed by atoms with Crippen molar-refractivity contribution in [1.82, 2.24) is 10.2 Å². The predicted molar refractivity (Wildman–Crippen MR) is 144 cm³/mol. The number of sulfonamides is 1. The second kappa shape index (κ2) is 14.1. The largest absolute Gasteiger partial charge is 0.492 e. The average molecular weight is 538 g/mol. The molecular weight excluding hydrogens is 502 g/mol. The predicted octanol–water partition coefficient (Wildman–Crippen LogP) is 4.23. The van der Waals surface area contributed by atoms with Crippen molar-refractivity contribution in [3.8, 4) is 5.75 Å². The Kier molecular flexibility index (Phi) is 11.5. The van der Waals surface area contributed by atoms with Gasteiger partial charge in [0.2, 0.25) is 21.8 Å². The highest BCUT2D eigenvalue weighted by Crippen LogP contribution is 2.30. The number of benzene rings is 2. The summed E-state index contributed by atoms with van der Waals surface area (Å²) in [5.41, 5.74) is 1.15. The van der Waals surface area contributed by atoms with Crippen LogP contribution in [0.3, 0.4) is 0 Å². The van der Waals surface area contributed by atoms with Crippen LogP contribution in [-0.4, -0.2) is 57.1 Å². The summed E-state index contributed by atoms with van der Waals surface area (Å²) in [5.74, 6) is -0.0559. The van der Waals surface area contributed by atoms with E-state index >= 15 is 0 Å². The van der Waals surface area contributed by atoms with Crippen LogP contribution >= 0.6 is 11.6 Å². The molecule has 2 aromatic carbocycles. The summed E-state index contributed by atoms with van der Waals surface area (Å²) in [5, 5.41) is 3.34. The van der Waals surface area contributed by atoms with Gasteiger partial charge in [-0.2, -0.15) is 0 Å². The van der Waals surface area contributed by atoms with E-state index in [9.17, 15) is 18.0 Å². The van der Waals surface area contributed by atoms with Crippen LogP contribution in [0.5, 0.6) is 5.75 Å². The molecular formula is C26H36ClN3O5S. The third-order valence-corrected chi connectivity index (χ3v) is 7.15. The van der Waals surface area contributed by atoms with Crippen molar-refractivity contribution in [2.75, 3.05) is 30.3 Å². The molecule has 0 saturated heterocycles. The second-order valence-electron chi connectivity index (χ2n) is 8.42. The van der Waals surface area contributed by atoms with Crippen molar-refractivity contribution in [2.45, 2.75) is 52.6 Å². The molecule has 0 aliphatic carbocycles. The minimum absolute atomic E-state index is 0.0542. The molecule has 0 bridgehead atoms. The number of carbonyl (C=O) groups excluding carboxylic acids is 2. The van der Waals surface area contributed by atoms with E-state index in [-0.39, 0.29) is 37.7 Å². The van der Waals surface area contributed by atoms with Crippen LogP contribution in [0.15, 0.2) is 48.5 Å². The average Bonchev–Trinajstić information content (AvgIpc) is 2.84. The molecule has 2 aromatic rings. The van der Waals surface area contributed by atoms with E-state index in [2.05, 4.69) is 5.32 Å². The zero-order valence-corrected chi connectivity index (χ0v) is 22.9. The molecule has 0 aliphatic heterocycles. The number of hydrogen-bond donors (Lipinski definition) is 1. The van der Waals surface area contributed by atoms with Crippen LogP contribution < -0.4 is 14.4 Å². The fourth-order valence-corrected chi connectivity index (χ4v) is 4.88. The maximum atomic E-state index is 13.3. The minimum atomic E-state index is -3.62. The summed E-state index contributed by atoms with van der Waals surface area (Å²) in [4.78, 5) is 27.5. The van der Waals surface area contributed by atoms with Gasteiger partial charge in [-0.1, -0.05) is 48.9 Å². The topological polar surface area (TPSA) is 96.0 Å². The van der Waals surface area contributed by atoms with E-state index in [0.29, 0.717) is 29.6 Å². The first kappa shape index (κ1) is 29.5. The lowest BCUT2D eigenvalue weighted by atomic mass is 10.1. The van der Waals surface area contributed by atoms with Crippen molar-refractivity contribution in [3.63, 3.8) is 0 Å². The summed E-state index contributed by atoms with van der Waals surface area (Å²) >= 11 is 6.32. The Morgan fingerprint density at radius 1 is 1.08 bits per heavy atom. The normalized spacial score (nSPS) is 12.0. The lowest BCUT2D eigenvalue weighted by molar-refractivity contribution is -0.140. The summed E-state index contributed by atoms with van der Waals surface area (Å²) in [6, 6.07) is 13.4. The maximum absolute atomic E-state index is 13.3. The van der Waals surface area contributed by atoms with Gasteiger partial charge in [-0.15, -0.1) is 0 Å². The van der Waals surface area contributed by atoms with Crippen LogP contribution in [0, 0.1) is 0 Å². The molecule has 1 N–H and O–H groups in total. The van der Waals surface area contributed by atoms with Gasteiger partial charge in [0.25, 0.3) is 0 Å². The van der Waals surface area contributed by atoms with Crippen LogP contribution in [-0.2, 0) is 26.2 Å². The number of anilines is 1. The van der Waals surface area contributed by atoms with Crippen LogP contribution in [0.25, 0.3) is 0 Å². The number of halogens is 1. The molecule has 1 atom stereocenters. The van der Waals surface area contributed by atoms with Crippen molar-refractivity contribution in [1.29, 1.82) is 0 Å². The number of nitrogens with zero attached hydrogens (tertiary/aromatic N) is 2. The van der Waals surface area contributed by atoms with Crippen LogP contribution in [0.1, 0.15) is 45.6 Å². The molecule has 10 heteroatoms. The molecule has 36 heavy (non-hydrogen) atoms. The van der Waals surface area contributed by atoms with Gasteiger partial charge in [0.15, 0.2) is 0 Å². The van der Waals surface area contributed by atoms with Crippen LogP contribution in [0.2, 0.25) is 5.02 Å². The summed E-state index contributed by atoms with van der Waals surface area (Å²) in [6.45, 7) is 6.62. The van der Waals surface area contributed by atoms with Gasteiger partial charge in [-0.05, 0) is 50.5 Å². The van der Waals surface area contributed by atoms with E-state index in [1.165, 1.54) is 9.21 Å². The Morgan fingerprint density at radius 2 is 1.75 bits per heavy atom. The molecule has 8 nitrogen and oxygen atoms in total. The zero-order chi connectivity index (χ0) is 26.7. The minimum Gasteiger partial charge on any atom is -0.492 e.